The van der Waals surface area contributed by atoms with E-state index in [0.717, 1.165) is 22.9 Å². The van der Waals surface area contributed by atoms with E-state index in [4.69, 9.17) is 14.3 Å². The van der Waals surface area contributed by atoms with Crippen molar-refractivity contribution in [2.75, 3.05) is 0 Å². The summed E-state index contributed by atoms with van der Waals surface area (Å²) in [4.78, 5) is 17.8. The number of ether oxygens (including phenoxy) is 1. The quantitative estimate of drug-likeness (QED) is 0.330. The van der Waals surface area contributed by atoms with E-state index < -0.39 is 60.0 Å². The van der Waals surface area contributed by atoms with Crippen molar-refractivity contribution in [1.82, 2.24) is 14.9 Å². The van der Waals surface area contributed by atoms with Crippen LogP contribution < -0.4 is 10.1 Å². The number of hydrogen-bond acceptors (Lipinski definition) is 3. The molecule has 0 aliphatic carbocycles. The summed E-state index contributed by atoms with van der Waals surface area (Å²) in [7, 11) is 0. The van der Waals surface area contributed by atoms with Crippen molar-refractivity contribution in [1.29, 1.82) is 0 Å². The van der Waals surface area contributed by atoms with Gasteiger partial charge in [0.25, 0.3) is 5.91 Å². The van der Waals surface area contributed by atoms with Crippen LogP contribution in [0, 0.1) is 11.6 Å². The zero-order valence-corrected chi connectivity index (χ0v) is 19.3. The van der Waals surface area contributed by atoms with E-state index in [0.29, 0.717) is 0 Å². The van der Waals surface area contributed by atoms with Crippen LogP contribution >= 0.6 is 0 Å². The lowest BCUT2D eigenvalue weighted by Crippen LogP contribution is -2.24. The minimum Gasteiger partial charge on any atom is -0.491 e. The van der Waals surface area contributed by atoms with Gasteiger partial charge in [-0.15, -0.1) is 0 Å². The standard InChI is InChI=1S/C28H27F2N3O2/c1-17(2)27-26(28(34)32-15-19-8-11-23(29)24(30)13-19)22-10-9-21(35-18(3)4)14-25(22)33(27)16-20-7-5-6-12-31-20/h5-14,18H,1,15-16H2,2-4H3,(H,32,34)/i5D,7D,9D,10D,14D,16D2. The number of allylic oxidation sites excluding steroid dienone is 1. The Kier molecular flexibility index (Phi) is 4.79. The second kappa shape index (κ2) is 10.1. The number of amides is 1. The summed E-state index contributed by atoms with van der Waals surface area (Å²) in [6.07, 6.45) is 0.637. The fourth-order valence-electron chi connectivity index (χ4n) is 3.48. The van der Waals surface area contributed by atoms with Crippen LogP contribution in [-0.4, -0.2) is 21.6 Å². The molecule has 0 atom stereocenters. The van der Waals surface area contributed by atoms with Gasteiger partial charge in [0.2, 0.25) is 0 Å². The number of carbonyl (C=O) groups is 1. The molecule has 0 spiro atoms. The van der Waals surface area contributed by atoms with Gasteiger partial charge >= 0.3 is 0 Å². The molecule has 2 aromatic heterocycles. The second-order valence-corrected chi connectivity index (χ2v) is 8.04. The summed E-state index contributed by atoms with van der Waals surface area (Å²) in [5.41, 5.74) is -0.870. The first-order valence-electron chi connectivity index (χ1n) is 14.2. The molecule has 35 heavy (non-hydrogen) atoms. The Balaban J connectivity index is 2.08. The average Bonchev–Trinajstić information content (AvgIpc) is 3.29. The van der Waals surface area contributed by atoms with Gasteiger partial charge in [-0.1, -0.05) is 18.7 Å². The lowest BCUT2D eigenvalue weighted by atomic mass is 10.1. The lowest BCUT2D eigenvalue weighted by molar-refractivity contribution is 0.0952. The monoisotopic (exact) mass is 482 g/mol. The summed E-state index contributed by atoms with van der Waals surface area (Å²) < 4.78 is 94.7. The van der Waals surface area contributed by atoms with E-state index in [-0.39, 0.29) is 51.6 Å². The first-order valence-corrected chi connectivity index (χ1v) is 10.7. The SMILES string of the molecule is [2H]c1ccnc(C([2H])([2H])n2c(C(=C)C)c(C(=O)NCc3ccc(F)c(F)c3)c3c([2H])c([2H])c(OC(C)C)c([2H])c32)c1[2H]. The summed E-state index contributed by atoms with van der Waals surface area (Å²) in [6, 6.07) is 1.92. The fourth-order valence-corrected chi connectivity index (χ4v) is 3.48. The first-order chi connectivity index (χ1) is 19.6. The van der Waals surface area contributed by atoms with Gasteiger partial charge in [0, 0.05) is 24.2 Å². The van der Waals surface area contributed by atoms with Crippen molar-refractivity contribution in [3.05, 3.63) is 101 Å². The Bertz CT molecular complexity index is 1760. The highest BCUT2D eigenvalue weighted by molar-refractivity contribution is 6.11. The third-order valence-corrected chi connectivity index (χ3v) is 4.90. The predicted molar refractivity (Wildman–Crippen MR) is 133 cm³/mol. The molecule has 1 amide bonds. The largest absolute Gasteiger partial charge is 0.491 e. The molecule has 180 valence electrons. The summed E-state index contributed by atoms with van der Waals surface area (Å²) in [6.45, 7) is 5.64. The number of carbonyl (C=O) groups excluding carboxylic acids is 1. The normalized spacial score (nSPS) is 14.4. The highest BCUT2D eigenvalue weighted by Gasteiger charge is 2.24. The van der Waals surface area contributed by atoms with Crippen molar-refractivity contribution in [3.8, 4) is 5.75 Å². The zero-order chi connectivity index (χ0) is 31.3. The highest BCUT2D eigenvalue weighted by Crippen LogP contribution is 2.34. The Hall–Kier alpha value is -4.00. The van der Waals surface area contributed by atoms with Crippen molar-refractivity contribution in [2.24, 2.45) is 0 Å². The van der Waals surface area contributed by atoms with Gasteiger partial charge in [-0.05, 0) is 68.2 Å². The maximum Gasteiger partial charge on any atom is 0.254 e. The van der Waals surface area contributed by atoms with Crippen LogP contribution in [0.25, 0.3) is 16.5 Å². The van der Waals surface area contributed by atoms with Gasteiger partial charge in [-0.3, -0.25) is 9.78 Å². The molecular formula is C28H27F2N3O2. The molecule has 0 aliphatic rings. The Morgan fingerprint density at radius 2 is 2.09 bits per heavy atom. The van der Waals surface area contributed by atoms with E-state index in [1.165, 1.54) is 19.1 Å². The minimum absolute atomic E-state index is 0.137. The third-order valence-electron chi connectivity index (χ3n) is 4.90. The third kappa shape index (κ3) is 5.24. The molecule has 2 aromatic carbocycles. The van der Waals surface area contributed by atoms with Crippen LogP contribution in [0.2, 0.25) is 0 Å². The number of halogens is 2. The molecule has 0 saturated carbocycles. The van der Waals surface area contributed by atoms with Crippen molar-refractivity contribution >= 4 is 22.4 Å². The van der Waals surface area contributed by atoms with Crippen molar-refractivity contribution < 1.29 is 27.9 Å². The number of fused-ring (bicyclic) bond motifs is 1. The number of hydrogen-bond donors (Lipinski definition) is 1. The Morgan fingerprint density at radius 1 is 1.29 bits per heavy atom. The number of benzene rings is 2. The molecule has 4 aromatic rings. The molecule has 0 fully saturated rings. The van der Waals surface area contributed by atoms with Gasteiger partial charge in [0.15, 0.2) is 11.6 Å². The smallest absolute Gasteiger partial charge is 0.254 e. The van der Waals surface area contributed by atoms with Crippen LogP contribution in [-0.2, 0) is 13.0 Å². The molecule has 7 heteroatoms. The summed E-state index contributed by atoms with van der Waals surface area (Å²) in [5.74, 6) is -3.36. The molecule has 0 aliphatic heterocycles. The highest BCUT2D eigenvalue weighted by atomic mass is 19.2. The lowest BCUT2D eigenvalue weighted by Gasteiger charge is -2.13. The van der Waals surface area contributed by atoms with Crippen LogP contribution in [0.5, 0.6) is 5.75 Å². The van der Waals surface area contributed by atoms with Crippen LogP contribution in [0.1, 0.15) is 57.7 Å². The number of nitrogens with one attached hydrogen (secondary N) is 1. The molecule has 0 bridgehead atoms. The Morgan fingerprint density at radius 3 is 2.80 bits per heavy atom. The number of aromatic nitrogens is 2. The number of pyridine rings is 1. The molecule has 1 N–H and O–H groups in total. The van der Waals surface area contributed by atoms with Gasteiger partial charge in [0.1, 0.15) is 5.75 Å². The van der Waals surface area contributed by atoms with Crippen LogP contribution in [0.15, 0.2) is 67.3 Å². The minimum atomic E-state index is -2.76. The number of nitrogens with zero attached hydrogens (tertiary/aromatic N) is 2. The van der Waals surface area contributed by atoms with E-state index in [1.54, 1.807) is 13.8 Å². The summed E-state index contributed by atoms with van der Waals surface area (Å²) >= 11 is 0. The molecule has 0 saturated heterocycles. The fraction of sp³-hybridized carbons (Fsp3) is 0.214. The zero-order valence-electron chi connectivity index (χ0n) is 26.3. The predicted octanol–water partition coefficient (Wildman–Crippen LogP) is 6.11. The molecule has 4 rings (SSSR count). The molecular weight excluding hydrogens is 448 g/mol. The summed E-state index contributed by atoms with van der Waals surface area (Å²) in [5, 5.41) is 2.31. The first kappa shape index (κ1) is 16.6. The maximum absolute atomic E-state index is 13.8. The Labute approximate surface area is 212 Å². The van der Waals surface area contributed by atoms with E-state index in [9.17, 15) is 13.6 Å². The van der Waals surface area contributed by atoms with Crippen LogP contribution in [0.3, 0.4) is 0 Å². The van der Waals surface area contributed by atoms with Crippen molar-refractivity contribution in [2.45, 2.75) is 39.9 Å². The second-order valence-electron chi connectivity index (χ2n) is 8.04. The van der Waals surface area contributed by atoms with Gasteiger partial charge in [-0.25, -0.2) is 8.78 Å². The van der Waals surface area contributed by atoms with Crippen molar-refractivity contribution in [3.63, 3.8) is 0 Å². The molecule has 5 nitrogen and oxygen atoms in total. The van der Waals surface area contributed by atoms with E-state index >= 15 is 0 Å². The molecule has 0 unspecified atom stereocenters. The van der Waals surface area contributed by atoms with Crippen LogP contribution in [0.4, 0.5) is 8.78 Å². The van der Waals surface area contributed by atoms with Gasteiger partial charge < -0.3 is 14.6 Å². The van der Waals surface area contributed by atoms with Gasteiger partial charge in [0.05, 0.1) is 44.7 Å². The van der Waals surface area contributed by atoms with E-state index in [1.807, 2.05) is 0 Å². The molecule has 0 radical (unpaired) electrons. The number of rotatable bonds is 8. The van der Waals surface area contributed by atoms with Gasteiger partial charge in [-0.2, -0.15) is 0 Å². The average molecular weight is 483 g/mol. The van der Waals surface area contributed by atoms with E-state index in [2.05, 4.69) is 16.9 Å². The molecule has 2 heterocycles. The maximum atomic E-state index is 13.8. The topological polar surface area (TPSA) is 56.2 Å².